The van der Waals surface area contributed by atoms with Crippen molar-refractivity contribution in [2.75, 3.05) is 0 Å². The van der Waals surface area contributed by atoms with Gasteiger partial charge in [0.2, 0.25) is 0 Å². The van der Waals surface area contributed by atoms with E-state index in [1.807, 2.05) is 6.92 Å². The van der Waals surface area contributed by atoms with E-state index in [4.69, 9.17) is 0 Å². The van der Waals surface area contributed by atoms with Gasteiger partial charge in [-0.3, -0.25) is 0 Å². The highest BCUT2D eigenvalue weighted by molar-refractivity contribution is 5.60. The van der Waals surface area contributed by atoms with E-state index >= 15 is 0 Å². The van der Waals surface area contributed by atoms with Crippen LogP contribution < -0.4 is 0 Å². The number of carbonyl (C=O) groups is 1. The number of rotatable bonds is 5. The van der Waals surface area contributed by atoms with Crippen LogP contribution in [0.3, 0.4) is 0 Å². The fourth-order valence-electron chi connectivity index (χ4n) is 5.21. The lowest BCUT2D eigenvalue weighted by molar-refractivity contribution is -0.130. The van der Waals surface area contributed by atoms with Gasteiger partial charge in [-0.25, -0.2) is 0 Å². The van der Waals surface area contributed by atoms with Crippen molar-refractivity contribution >= 4 is 6.29 Å². The lowest BCUT2D eigenvalue weighted by Crippen LogP contribution is -2.51. The maximum Gasteiger partial charge on any atom is 0.126 e. The molecule has 0 saturated heterocycles. The summed E-state index contributed by atoms with van der Waals surface area (Å²) in [4.78, 5) is 11.8. The Morgan fingerprint density at radius 1 is 1.41 bits per heavy atom. The summed E-state index contributed by atoms with van der Waals surface area (Å²) < 4.78 is 0. The summed E-state index contributed by atoms with van der Waals surface area (Å²) in [5, 5.41) is 10.3. The largest absolute Gasteiger partial charge is 0.386 e. The van der Waals surface area contributed by atoms with Gasteiger partial charge in [-0.1, -0.05) is 38.5 Å². The molecule has 0 aromatic rings. The van der Waals surface area contributed by atoms with E-state index in [9.17, 15) is 9.90 Å². The molecular weight excluding hydrogens is 272 g/mol. The van der Waals surface area contributed by atoms with Gasteiger partial charge in [-0.2, -0.15) is 0 Å². The minimum atomic E-state index is -0.813. The van der Waals surface area contributed by atoms with Gasteiger partial charge in [0.05, 0.1) is 5.60 Å². The van der Waals surface area contributed by atoms with Crippen LogP contribution in [0, 0.1) is 22.7 Å². The molecule has 0 spiro atoms. The second-order valence-electron chi connectivity index (χ2n) is 8.39. The van der Waals surface area contributed by atoms with E-state index in [0.29, 0.717) is 18.3 Å². The highest BCUT2D eigenvalue weighted by atomic mass is 16.3. The van der Waals surface area contributed by atoms with Crippen LogP contribution in [0.15, 0.2) is 24.8 Å². The Hall–Kier alpha value is -0.890. The Morgan fingerprint density at radius 2 is 2.09 bits per heavy atom. The van der Waals surface area contributed by atoms with Gasteiger partial charge in [-0.15, -0.1) is 6.58 Å². The summed E-state index contributed by atoms with van der Waals surface area (Å²) in [6.07, 6.45) is 9.88. The van der Waals surface area contributed by atoms with Gasteiger partial charge in [-0.05, 0) is 62.7 Å². The molecule has 0 bridgehead atoms. The van der Waals surface area contributed by atoms with Crippen LogP contribution in [0.1, 0.15) is 65.7 Å². The Kier molecular flexibility index (Phi) is 4.73. The molecule has 0 radical (unpaired) electrons. The van der Waals surface area contributed by atoms with Gasteiger partial charge >= 0.3 is 0 Å². The number of allylic oxidation sites excluding steroid dienone is 1. The van der Waals surface area contributed by atoms with E-state index < -0.39 is 5.60 Å². The molecule has 0 unspecified atom stereocenters. The fourth-order valence-corrected chi connectivity index (χ4v) is 5.21. The normalized spacial score (nSPS) is 41.4. The quantitative estimate of drug-likeness (QED) is 0.591. The standard InChI is InChI=1S/C20H32O2/c1-6-19(4,22)13-10-16-15(2)8-9-17-18(3,14-21)11-7-12-20(16,17)5/h6,14,16-17,22H,1-2,7-13H2,3-5H3/t16-,17+,18+,19+,20+/m0/s1. The third kappa shape index (κ3) is 2.95. The van der Waals surface area contributed by atoms with Crippen molar-refractivity contribution in [3.8, 4) is 0 Å². The van der Waals surface area contributed by atoms with Crippen LogP contribution in [0.25, 0.3) is 0 Å². The third-order valence-corrected chi connectivity index (χ3v) is 6.71. The minimum Gasteiger partial charge on any atom is -0.386 e. The number of hydrogen-bond acceptors (Lipinski definition) is 2. The van der Waals surface area contributed by atoms with Crippen LogP contribution in [0.2, 0.25) is 0 Å². The maximum atomic E-state index is 11.8. The summed E-state index contributed by atoms with van der Waals surface area (Å²) in [6, 6.07) is 0. The fraction of sp³-hybridized carbons (Fsp3) is 0.750. The van der Waals surface area contributed by atoms with Gasteiger partial charge in [0, 0.05) is 5.41 Å². The molecule has 22 heavy (non-hydrogen) atoms. The first-order valence-electron chi connectivity index (χ1n) is 8.68. The molecule has 2 heteroatoms. The van der Waals surface area contributed by atoms with Crippen molar-refractivity contribution in [1.82, 2.24) is 0 Å². The summed E-state index contributed by atoms with van der Waals surface area (Å²) in [5.41, 5.74) is 0.452. The number of fused-ring (bicyclic) bond motifs is 1. The zero-order valence-electron chi connectivity index (χ0n) is 14.5. The molecule has 2 nitrogen and oxygen atoms in total. The van der Waals surface area contributed by atoms with Crippen molar-refractivity contribution in [3.05, 3.63) is 24.8 Å². The molecule has 2 aliphatic rings. The van der Waals surface area contributed by atoms with Gasteiger partial charge in [0.25, 0.3) is 0 Å². The Balaban J connectivity index is 2.26. The smallest absolute Gasteiger partial charge is 0.126 e. The average molecular weight is 304 g/mol. The molecule has 0 amide bonds. The van der Waals surface area contributed by atoms with Crippen LogP contribution in [0.4, 0.5) is 0 Å². The topological polar surface area (TPSA) is 37.3 Å². The molecule has 124 valence electrons. The Bertz CT molecular complexity index is 464. The number of carbonyl (C=O) groups excluding carboxylic acids is 1. The molecule has 2 saturated carbocycles. The van der Waals surface area contributed by atoms with Crippen LogP contribution in [-0.4, -0.2) is 17.0 Å². The average Bonchev–Trinajstić information content (AvgIpc) is 2.46. The van der Waals surface area contributed by atoms with Crippen molar-refractivity contribution in [2.24, 2.45) is 22.7 Å². The minimum absolute atomic E-state index is 0.139. The molecule has 2 rings (SSSR count). The predicted molar refractivity (Wildman–Crippen MR) is 91.5 cm³/mol. The molecule has 0 heterocycles. The van der Waals surface area contributed by atoms with E-state index in [1.54, 1.807) is 6.08 Å². The Morgan fingerprint density at radius 3 is 2.68 bits per heavy atom. The van der Waals surface area contributed by atoms with Crippen LogP contribution in [-0.2, 0) is 4.79 Å². The highest BCUT2D eigenvalue weighted by Gasteiger charge is 2.54. The molecule has 0 aromatic carbocycles. The zero-order chi connectivity index (χ0) is 16.6. The molecule has 1 N–H and O–H groups in total. The summed E-state index contributed by atoms with van der Waals surface area (Å²) in [5.74, 6) is 0.840. The highest BCUT2D eigenvalue weighted by Crippen LogP contribution is 2.61. The maximum absolute atomic E-state index is 11.8. The summed E-state index contributed by atoms with van der Waals surface area (Å²) >= 11 is 0. The third-order valence-electron chi connectivity index (χ3n) is 6.71. The van der Waals surface area contributed by atoms with E-state index in [0.717, 1.165) is 32.1 Å². The molecular formula is C20H32O2. The lowest BCUT2D eigenvalue weighted by atomic mass is 9.47. The van der Waals surface area contributed by atoms with Crippen molar-refractivity contribution < 1.29 is 9.90 Å². The van der Waals surface area contributed by atoms with Crippen LogP contribution >= 0.6 is 0 Å². The summed E-state index contributed by atoms with van der Waals surface area (Å²) in [7, 11) is 0. The van der Waals surface area contributed by atoms with Crippen molar-refractivity contribution in [1.29, 1.82) is 0 Å². The van der Waals surface area contributed by atoms with E-state index in [1.165, 1.54) is 18.3 Å². The van der Waals surface area contributed by atoms with Gasteiger partial charge < -0.3 is 9.90 Å². The van der Waals surface area contributed by atoms with Gasteiger partial charge in [0.15, 0.2) is 0 Å². The molecule has 2 aliphatic carbocycles. The first-order chi connectivity index (χ1) is 10.2. The van der Waals surface area contributed by atoms with Crippen LogP contribution in [0.5, 0.6) is 0 Å². The molecule has 5 atom stereocenters. The van der Waals surface area contributed by atoms with Gasteiger partial charge in [0.1, 0.15) is 6.29 Å². The van der Waals surface area contributed by atoms with E-state index in [-0.39, 0.29) is 10.8 Å². The second kappa shape index (κ2) is 5.96. The van der Waals surface area contributed by atoms with Crippen molar-refractivity contribution in [2.45, 2.75) is 71.3 Å². The summed E-state index contributed by atoms with van der Waals surface area (Å²) in [6.45, 7) is 14.4. The number of hydrogen-bond donors (Lipinski definition) is 1. The predicted octanol–water partition coefficient (Wildman–Crippen LogP) is 4.68. The van der Waals surface area contributed by atoms with Crippen molar-refractivity contribution in [3.63, 3.8) is 0 Å². The first-order valence-corrected chi connectivity index (χ1v) is 8.68. The Labute approximate surface area is 135 Å². The van der Waals surface area contributed by atoms with E-state index in [2.05, 4.69) is 27.0 Å². The zero-order valence-corrected chi connectivity index (χ0v) is 14.5. The molecule has 0 aromatic heterocycles. The molecule has 2 fully saturated rings. The lowest BCUT2D eigenvalue weighted by Gasteiger charge is -2.57. The first kappa shape index (κ1) is 17.5. The second-order valence-corrected chi connectivity index (χ2v) is 8.39. The number of aliphatic hydroxyl groups is 1. The SMILES string of the molecule is C=C[C@@](C)(O)CC[C@H]1C(=C)CC[C@H]2[C@]1(C)CCC[C@]2(C)C=O. The monoisotopic (exact) mass is 304 g/mol. The number of aldehydes is 1. The molecule has 0 aliphatic heterocycles.